The van der Waals surface area contributed by atoms with E-state index in [0.717, 1.165) is 0 Å². The predicted molar refractivity (Wildman–Crippen MR) is 61.1 cm³/mol. The number of aliphatic hydroxyl groups excluding tert-OH is 1. The minimum absolute atomic E-state index is 0.0166. The number of pyridine rings is 1. The number of carbonyl (C=O) groups is 1. The van der Waals surface area contributed by atoms with Crippen LogP contribution in [0.1, 0.15) is 29.3 Å². The summed E-state index contributed by atoms with van der Waals surface area (Å²) in [6, 6.07) is 3.41. The van der Waals surface area contributed by atoms with Crippen molar-refractivity contribution in [2.45, 2.75) is 13.0 Å². The Morgan fingerprint density at radius 1 is 1.44 bits per heavy atom. The molecular weight excluding hydrogens is 236 g/mol. The highest BCUT2D eigenvalue weighted by molar-refractivity contribution is 5.84. The Labute approximate surface area is 103 Å². The van der Waals surface area contributed by atoms with Gasteiger partial charge in [0.1, 0.15) is 6.33 Å². The Morgan fingerprint density at radius 3 is 2.78 bits per heavy atom. The molecule has 1 atom stereocenters. The number of hydrogen-bond donors (Lipinski definition) is 1. The van der Waals surface area contributed by atoms with Crippen molar-refractivity contribution < 1.29 is 14.6 Å². The first-order valence-corrected chi connectivity index (χ1v) is 5.26. The Hall–Kier alpha value is -2.28. The van der Waals surface area contributed by atoms with Gasteiger partial charge in [-0.2, -0.15) is 0 Å². The topological polar surface area (TPSA) is 90.1 Å². The molecule has 0 saturated carbocycles. The average molecular weight is 248 g/mol. The molecule has 1 N–H and O–H groups in total. The van der Waals surface area contributed by atoms with E-state index in [0.29, 0.717) is 11.4 Å². The van der Waals surface area contributed by atoms with Crippen LogP contribution in [-0.2, 0) is 4.74 Å². The van der Waals surface area contributed by atoms with Crippen LogP contribution >= 0.6 is 0 Å². The standard InChI is InChI=1S/C11H12N4O3/c1-7(16)9-4-3-8(5-12-9)15-6-13-10(14-15)11(17)18-2/h3-7,16H,1-2H3. The second-order valence-electron chi connectivity index (χ2n) is 3.62. The minimum Gasteiger partial charge on any atom is -0.463 e. The van der Waals surface area contributed by atoms with Crippen LogP contribution < -0.4 is 0 Å². The molecule has 0 aliphatic heterocycles. The fraction of sp³-hybridized carbons (Fsp3) is 0.273. The van der Waals surface area contributed by atoms with E-state index in [1.54, 1.807) is 19.1 Å². The number of rotatable bonds is 3. The summed E-state index contributed by atoms with van der Waals surface area (Å²) in [5.74, 6) is -0.612. The number of nitrogens with zero attached hydrogens (tertiary/aromatic N) is 4. The molecule has 0 aliphatic carbocycles. The molecular formula is C11H12N4O3. The molecule has 2 aromatic rings. The summed E-state index contributed by atoms with van der Waals surface area (Å²) in [7, 11) is 1.27. The molecule has 0 aliphatic rings. The Morgan fingerprint density at radius 2 is 2.22 bits per heavy atom. The van der Waals surface area contributed by atoms with Gasteiger partial charge in [0, 0.05) is 0 Å². The number of aliphatic hydroxyl groups is 1. The van der Waals surface area contributed by atoms with Gasteiger partial charge >= 0.3 is 5.97 Å². The van der Waals surface area contributed by atoms with Crippen molar-refractivity contribution >= 4 is 5.97 Å². The molecule has 0 spiro atoms. The van der Waals surface area contributed by atoms with Gasteiger partial charge in [-0.25, -0.2) is 14.5 Å². The quantitative estimate of drug-likeness (QED) is 0.795. The number of aromatic nitrogens is 4. The van der Waals surface area contributed by atoms with Crippen LogP contribution in [0, 0.1) is 0 Å². The maximum Gasteiger partial charge on any atom is 0.377 e. The van der Waals surface area contributed by atoms with E-state index in [4.69, 9.17) is 0 Å². The molecule has 0 amide bonds. The maximum atomic E-state index is 11.2. The SMILES string of the molecule is COC(=O)c1ncn(-c2ccc(C(C)O)nc2)n1. The second-order valence-corrected chi connectivity index (χ2v) is 3.62. The molecule has 2 aromatic heterocycles. The third-order valence-electron chi connectivity index (χ3n) is 2.32. The van der Waals surface area contributed by atoms with E-state index in [9.17, 15) is 9.90 Å². The third kappa shape index (κ3) is 2.35. The first kappa shape index (κ1) is 12.2. The molecule has 0 radical (unpaired) electrons. The van der Waals surface area contributed by atoms with Crippen LogP contribution in [0.4, 0.5) is 0 Å². The van der Waals surface area contributed by atoms with Crippen LogP contribution in [0.5, 0.6) is 0 Å². The van der Waals surface area contributed by atoms with Crippen molar-refractivity contribution in [3.8, 4) is 5.69 Å². The van der Waals surface area contributed by atoms with Crippen LogP contribution in [0.15, 0.2) is 24.7 Å². The van der Waals surface area contributed by atoms with E-state index in [2.05, 4.69) is 19.8 Å². The van der Waals surface area contributed by atoms with Crippen molar-refractivity contribution in [1.29, 1.82) is 0 Å². The van der Waals surface area contributed by atoms with Crippen LogP contribution in [0.3, 0.4) is 0 Å². The fourth-order valence-electron chi connectivity index (χ4n) is 1.35. The van der Waals surface area contributed by atoms with Gasteiger partial charge in [-0.1, -0.05) is 0 Å². The third-order valence-corrected chi connectivity index (χ3v) is 2.32. The summed E-state index contributed by atoms with van der Waals surface area (Å²) >= 11 is 0. The van der Waals surface area contributed by atoms with Crippen LogP contribution in [-0.4, -0.2) is 37.9 Å². The molecule has 7 heteroatoms. The molecule has 94 valence electrons. The zero-order chi connectivity index (χ0) is 13.1. The van der Waals surface area contributed by atoms with E-state index in [1.807, 2.05) is 0 Å². The normalized spacial score (nSPS) is 12.2. The Bertz CT molecular complexity index is 548. The van der Waals surface area contributed by atoms with Gasteiger partial charge in [-0.3, -0.25) is 4.98 Å². The summed E-state index contributed by atoms with van der Waals surface area (Å²) in [6.07, 6.45) is 2.31. The summed E-state index contributed by atoms with van der Waals surface area (Å²) in [6.45, 7) is 1.63. The molecule has 1 unspecified atom stereocenters. The highest BCUT2D eigenvalue weighted by atomic mass is 16.5. The number of carbonyl (C=O) groups excluding carboxylic acids is 1. The van der Waals surface area contributed by atoms with Crippen molar-refractivity contribution in [2.75, 3.05) is 7.11 Å². The minimum atomic E-state index is -0.625. The van der Waals surface area contributed by atoms with Crippen LogP contribution in [0.25, 0.3) is 5.69 Å². The highest BCUT2D eigenvalue weighted by Crippen LogP contribution is 2.11. The van der Waals surface area contributed by atoms with Gasteiger partial charge in [0.05, 0.1) is 30.8 Å². The van der Waals surface area contributed by atoms with Gasteiger partial charge < -0.3 is 9.84 Å². The van der Waals surface area contributed by atoms with Gasteiger partial charge in [0.25, 0.3) is 5.82 Å². The molecule has 0 bridgehead atoms. The summed E-state index contributed by atoms with van der Waals surface area (Å²) < 4.78 is 5.92. The lowest BCUT2D eigenvalue weighted by molar-refractivity contribution is 0.0587. The summed E-state index contributed by atoms with van der Waals surface area (Å²) in [5, 5.41) is 13.3. The van der Waals surface area contributed by atoms with E-state index < -0.39 is 12.1 Å². The molecule has 0 fully saturated rings. The first-order chi connectivity index (χ1) is 8.61. The lowest BCUT2D eigenvalue weighted by Crippen LogP contribution is -2.05. The van der Waals surface area contributed by atoms with E-state index >= 15 is 0 Å². The number of esters is 1. The van der Waals surface area contributed by atoms with Crippen molar-refractivity contribution in [2.24, 2.45) is 0 Å². The maximum absolute atomic E-state index is 11.2. The van der Waals surface area contributed by atoms with E-state index in [1.165, 1.54) is 24.3 Å². The second kappa shape index (κ2) is 4.92. The van der Waals surface area contributed by atoms with Gasteiger partial charge in [0.2, 0.25) is 0 Å². The Balaban J connectivity index is 2.26. The summed E-state index contributed by atoms with van der Waals surface area (Å²) in [4.78, 5) is 19.1. The molecule has 18 heavy (non-hydrogen) atoms. The van der Waals surface area contributed by atoms with E-state index in [-0.39, 0.29) is 5.82 Å². The fourth-order valence-corrected chi connectivity index (χ4v) is 1.35. The van der Waals surface area contributed by atoms with Crippen molar-refractivity contribution in [3.63, 3.8) is 0 Å². The largest absolute Gasteiger partial charge is 0.463 e. The lowest BCUT2D eigenvalue weighted by Gasteiger charge is -2.04. The zero-order valence-electron chi connectivity index (χ0n) is 9.94. The zero-order valence-corrected chi connectivity index (χ0v) is 9.94. The number of methoxy groups -OCH3 is 1. The van der Waals surface area contributed by atoms with Crippen LogP contribution in [0.2, 0.25) is 0 Å². The average Bonchev–Trinajstić information content (AvgIpc) is 2.87. The molecule has 7 nitrogen and oxygen atoms in total. The lowest BCUT2D eigenvalue weighted by atomic mass is 10.2. The number of ether oxygens (including phenoxy) is 1. The van der Waals surface area contributed by atoms with Crippen molar-refractivity contribution in [1.82, 2.24) is 19.7 Å². The molecule has 2 rings (SSSR count). The molecule has 2 heterocycles. The smallest absolute Gasteiger partial charge is 0.377 e. The summed E-state index contributed by atoms with van der Waals surface area (Å²) in [5.41, 5.74) is 1.20. The van der Waals surface area contributed by atoms with Gasteiger partial charge in [-0.05, 0) is 19.1 Å². The molecule has 0 saturated heterocycles. The van der Waals surface area contributed by atoms with Gasteiger partial charge in [0.15, 0.2) is 0 Å². The Kier molecular flexibility index (Phi) is 3.33. The highest BCUT2D eigenvalue weighted by Gasteiger charge is 2.12. The monoisotopic (exact) mass is 248 g/mol. The molecule has 0 aromatic carbocycles. The van der Waals surface area contributed by atoms with Crippen molar-refractivity contribution in [3.05, 3.63) is 36.2 Å². The predicted octanol–water partition coefficient (Wildman–Crippen LogP) is 0.502. The van der Waals surface area contributed by atoms with Gasteiger partial charge in [-0.15, -0.1) is 5.10 Å². The first-order valence-electron chi connectivity index (χ1n) is 5.26. The number of hydrogen-bond acceptors (Lipinski definition) is 6.